The maximum absolute atomic E-state index is 11.2. The predicted molar refractivity (Wildman–Crippen MR) is 62.7 cm³/mol. The second-order valence-electron chi connectivity index (χ2n) is 3.89. The molecule has 0 heterocycles. The van der Waals surface area contributed by atoms with Crippen LogP contribution in [0.5, 0.6) is 0 Å². The van der Waals surface area contributed by atoms with Crippen LogP contribution in [0.4, 0.5) is 4.79 Å². The molecule has 0 aliphatic carbocycles. The van der Waals surface area contributed by atoms with Crippen molar-refractivity contribution in [3.63, 3.8) is 0 Å². The van der Waals surface area contributed by atoms with Gasteiger partial charge in [-0.15, -0.1) is 0 Å². The first-order valence-corrected chi connectivity index (χ1v) is 7.49. The van der Waals surface area contributed by atoms with Gasteiger partial charge < -0.3 is 4.74 Å². The molecule has 1 amide bonds. The van der Waals surface area contributed by atoms with Crippen LogP contribution in [-0.4, -0.2) is 37.4 Å². The van der Waals surface area contributed by atoms with Crippen molar-refractivity contribution in [2.24, 2.45) is 0 Å². The van der Waals surface area contributed by atoms with E-state index in [4.69, 9.17) is 10.1 Å². The van der Waals surface area contributed by atoms with Gasteiger partial charge in [-0.2, -0.15) is 8.42 Å². The molecule has 0 saturated carbocycles. The summed E-state index contributed by atoms with van der Waals surface area (Å²) in [5, 5.41) is 9.27. The van der Waals surface area contributed by atoms with Crippen LogP contribution in [0, 0.1) is 5.41 Å². The van der Waals surface area contributed by atoms with Crippen LogP contribution in [-0.2, 0) is 13.2 Å². The zero-order chi connectivity index (χ0) is 13.1. The number of halogens is 1. The van der Waals surface area contributed by atoms with Crippen molar-refractivity contribution in [2.75, 3.05) is 7.05 Å². The molecule has 7 nitrogen and oxygen atoms in total. The molecule has 9 heteroatoms. The largest absolute Gasteiger partial charge is 0.444 e. The van der Waals surface area contributed by atoms with Crippen molar-refractivity contribution < 1.29 is 17.9 Å². The van der Waals surface area contributed by atoms with Crippen LogP contribution in [0.25, 0.3) is 0 Å². The number of amides is 1. The SMILES string of the molecule is CN(C(=N)NC(=O)OC(C)(C)C)S(=O)(=O)Br. The van der Waals surface area contributed by atoms with Gasteiger partial charge in [0.25, 0.3) is 8.46 Å². The molecule has 0 aliphatic heterocycles. The van der Waals surface area contributed by atoms with E-state index in [1.807, 2.05) is 5.32 Å². The summed E-state index contributed by atoms with van der Waals surface area (Å²) in [6.45, 7) is 4.96. The minimum Gasteiger partial charge on any atom is -0.444 e. The molecule has 94 valence electrons. The van der Waals surface area contributed by atoms with E-state index in [0.29, 0.717) is 4.31 Å². The molecular weight excluding hydrogens is 302 g/mol. The molecule has 0 aromatic carbocycles. The molecule has 0 aromatic rings. The van der Waals surface area contributed by atoms with Crippen LogP contribution in [0.15, 0.2) is 0 Å². The third-order valence-corrected chi connectivity index (χ3v) is 3.40. The maximum Gasteiger partial charge on any atom is 0.414 e. The molecule has 0 spiro atoms. The number of nitrogens with zero attached hydrogens (tertiary/aromatic N) is 1. The van der Waals surface area contributed by atoms with E-state index >= 15 is 0 Å². The second-order valence-corrected chi connectivity index (χ2v) is 7.71. The summed E-state index contributed by atoms with van der Waals surface area (Å²) in [4.78, 5) is 11.2. The fourth-order valence-electron chi connectivity index (χ4n) is 0.588. The van der Waals surface area contributed by atoms with Crippen molar-refractivity contribution in [1.82, 2.24) is 9.62 Å². The Hall–Kier alpha value is -0.830. The highest BCUT2D eigenvalue weighted by Gasteiger charge is 2.22. The maximum atomic E-state index is 11.2. The van der Waals surface area contributed by atoms with Gasteiger partial charge in [-0.1, -0.05) is 0 Å². The van der Waals surface area contributed by atoms with Gasteiger partial charge in [0.05, 0.1) is 14.8 Å². The molecule has 0 radical (unpaired) electrons. The van der Waals surface area contributed by atoms with Gasteiger partial charge in [-0.05, 0) is 20.8 Å². The third-order valence-electron chi connectivity index (χ3n) is 1.26. The third kappa shape index (κ3) is 5.91. The summed E-state index contributed by atoms with van der Waals surface area (Å²) < 4.78 is 27.3. The lowest BCUT2D eigenvalue weighted by molar-refractivity contribution is 0.0559. The van der Waals surface area contributed by atoms with Crippen LogP contribution >= 0.6 is 14.8 Å². The average molecular weight is 316 g/mol. The molecular formula is C7H14BrN3O4S. The molecule has 0 saturated heterocycles. The number of guanidine groups is 1. The van der Waals surface area contributed by atoms with Crippen LogP contribution in [0.3, 0.4) is 0 Å². The Kier molecular flexibility index (Phi) is 4.74. The summed E-state index contributed by atoms with van der Waals surface area (Å²) in [6.07, 6.45) is -0.888. The zero-order valence-corrected chi connectivity index (χ0v) is 11.8. The van der Waals surface area contributed by atoms with Gasteiger partial charge in [0.15, 0.2) is 0 Å². The van der Waals surface area contributed by atoms with Crippen molar-refractivity contribution in [3.05, 3.63) is 0 Å². The lowest BCUT2D eigenvalue weighted by atomic mass is 10.2. The Morgan fingerprint density at radius 1 is 1.44 bits per heavy atom. The highest BCUT2D eigenvalue weighted by atomic mass is 79.9. The highest BCUT2D eigenvalue weighted by molar-refractivity contribution is 9.47. The lowest BCUT2D eigenvalue weighted by Gasteiger charge is -2.21. The Bertz CT molecular complexity index is 387. The Labute approximate surface area is 102 Å². The van der Waals surface area contributed by atoms with Gasteiger partial charge in [-0.3, -0.25) is 10.7 Å². The molecule has 0 unspecified atom stereocenters. The molecule has 0 aromatic heterocycles. The minimum absolute atomic E-state index is 0.552. The van der Waals surface area contributed by atoms with Gasteiger partial charge in [0.2, 0.25) is 5.96 Å². The number of carbonyl (C=O) groups is 1. The number of alkyl carbamates (subject to hydrolysis) is 1. The first-order chi connectivity index (χ1) is 6.93. The predicted octanol–water partition coefficient (Wildman–Crippen LogP) is 1.02. The smallest absolute Gasteiger partial charge is 0.414 e. The van der Waals surface area contributed by atoms with E-state index in [0.717, 1.165) is 7.05 Å². The summed E-state index contributed by atoms with van der Waals surface area (Å²) in [6, 6.07) is 0. The number of nitrogens with one attached hydrogen (secondary N) is 2. The van der Waals surface area contributed by atoms with Gasteiger partial charge in [0, 0.05) is 7.05 Å². The van der Waals surface area contributed by atoms with Crippen LogP contribution in [0.2, 0.25) is 0 Å². The van der Waals surface area contributed by atoms with Crippen molar-refractivity contribution in [2.45, 2.75) is 26.4 Å². The molecule has 0 rings (SSSR count). The quantitative estimate of drug-likeness (QED) is 0.428. The second kappa shape index (κ2) is 5.00. The Morgan fingerprint density at radius 2 is 1.88 bits per heavy atom. The Balaban J connectivity index is 4.43. The topological polar surface area (TPSA) is 99.6 Å². The molecule has 0 atom stereocenters. The van der Waals surface area contributed by atoms with Crippen LogP contribution in [0.1, 0.15) is 20.8 Å². The van der Waals surface area contributed by atoms with Crippen LogP contribution < -0.4 is 5.32 Å². The zero-order valence-electron chi connectivity index (χ0n) is 9.37. The number of hydrogen-bond acceptors (Lipinski definition) is 5. The lowest BCUT2D eigenvalue weighted by Crippen LogP contribution is -2.44. The van der Waals surface area contributed by atoms with Crippen molar-refractivity contribution >= 4 is 35.3 Å². The Morgan fingerprint density at radius 3 is 2.19 bits per heavy atom. The van der Waals surface area contributed by atoms with E-state index in [-0.39, 0.29) is 0 Å². The number of ether oxygens (including phenoxy) is 1. The van der Waals surface area contributed by atoms with E-state index in [1.165, 1.54) is 0 Å². The fraction of sp³-hybridized carbons (Fsp3) is 0.714. The van der Waals surface area contributed by atoms with Gasteiger partial charge >= 0.3 is 6.09 Å². The molecule has 16 heavy (non-hydrogen) atoms. The number of hydrogen-bond donors (Lipinski definition) is 2. The number of rotatable bonds is 1. The van der Waals surface area contributed by atoms with E-state index in [2.05, 4.69) is 14.8 Å². The van der Waals surface area contributed by atoms with E-state index in [1.54, 1.807) is 20.8 Å². The molecule has 0 bridgehead atoms. The van der Waals surface area contributed by atoms with Gasteiger partial charge in [0.1, 0.15) is 5.60 Å². The first kappa shape index (κ1) is 15.2. The normalized spacial score (nSPS) is 11.8. The van der Waals surface area contributed by atoms with Gasteiger partial charge in [-0.25, -0.2) is 9.10 Å². The average Bonchev–Trinajstić information content (AvgIpc) is 1.96. The standard InChI is InChI=1S/C7H14BrN3O4S/c1-7(2,3)15-6(12)10-5(9)11(4)16(8,13)14/h1-4H3,(H2,9,10,12). The summed E-state index contributed by atoms with van der Waals surface area (Å²) in [5.74, 6) is -0.605. The first-order valence-electron chi connectivity index (χ1n) is 4.20. The molecule has 0 aliphatic rings. The van der Waals surface area contributed by atoms with E-state index < -0.39 is 26.1 Å². The monoisotopic (exact) mass is 315 g/mol. The van der Waals surface area contributed by atoms with Crippen molar-refractivity contribution in [3.8, 4) is 0 Å². The summed E-state index contributed by atoms with van der Waals surface area (Å²) in [7, 11) is -2.63. The van der Waals surface area contributed by atoms with Crippen molar-refractivity contribution in [1.29, 1.82) is 5.41 Å². The fourth-order valence-corrected chi connectivity index (χ4v) is 1.29. The molecule has 0 fully saturated rings. The number of carbonyl (C=O) groups excluding carboxylic acids is 1. The minimum atomic E-state index is -3.74. The molecule has 2 N–H and O–H groups in total. The highest BCUT2D eigenvalue weighted by Crippen LogP contribution is 2.08. The van der Waals surface area contributed by atoms with E-state index in [9.17, 15) is 13.2 Å². The summed E-state index contributed by atoms with van der Waals surface area (Å²) in [5.41, 5.74) is -0.712. The summed E-state index contributed by atoms with van der Waals surface area (Å²) >= 11 is 2.36.